The van der Waals surface area contributed by atoms with Crippen molar-refractivity contribution in [2.75, 3.05) is 39.0 Å². The molecule has 1 saturated heterocycles. The molecular weight excluding hydrogens is 240 g/mol. The van der Waals surface area contributed by atoms with E-state index in [-0.39, 0.29) is 5.56 Å². The summed E-state index contributed by atoms with van der Waals surface area (Å²) >= 11 is 0. The lowest BCUT2D eigenvalue weighted by Gasteiger charge is -2.38. The van der Waals surface area contributed by atoms with Crippen molar-refractivity contribution >= 4 is 5.69 Å². The quantitative estimate of drug-likeness (QED) is 0.858. The monoisotopic (exact) mass is 264 g/mol. The maximum Gasteiger partial charge on any atom is 0.250 e. The van der Waals surface area contributed by atoms with E-state index in [1.165, 1.54) is 6.07 Å². The molecule has 2 N–H and O–H groups in total. The fourth-order valence-electron chi connectivity index (χ4n) is 2.68. The van der Waals surface area contributed by atoms with Gasteiger partial charge in [0.25, 0.3) is 5.56 Å². The van der Waals surface area contributed by atoms with Gasteiger partial charge in [-0.3, -0.25) is 9.69 Å². The molecule has 1 fully saturated rings. The van der Waals surface area contributed by atoms with Crippen molar-refractivity contribution in [3.8, 4) is 0 Å². The Balaban J connectivity index is 1.83. The topological polar surface area (TPSA) is 54.5 Å². The van der Waals surface area contributed by atoms with Crippen molar-refractivity contribution in [1.29, 1.82) is 0 Å². The van der Waals surface area contributed by atoms with E-state index in [2.05, 4.69) is 23.8 Å². The third-order valence-corrected chi connectivity index (χ3v) is 3.82. The summed E-state index contributed by atoms with van der Waals surface area (Å²) in [6, 6.07) is 3.78. The Bertz CT molecular complexity index is 471. The van der Waals surface area contributed by atoms with Crippen molar-refractivity contribution < 1.29 is 0 Å². The molecule has 0 spiro atoms. The van der Waals surface area contributed by atoms with Gasteiger partial charge in [0.2, 0.25) is 0 Å². The predicted octanol–water partition coefficient (Wildman–Crippen LogP) is 0.457. The Morgan fingerprint density at radius 3 is 2.84 bits per heavy atom. The van der Waals surface area contributed by atoms with Crippen molar-refractivity contribution in [2.45, 2.75) is 25.9 Å². The fourth-order valence-corrected chi connectivity index (χ4v) is 2.68. The largest absolute Gasteiger partial charge is 0.398 e. The summed E-state index contributed by atoms with van der Waals surface area (Å²) in [4.78, 5) is 16.5. The average molecular weight is 264 g/mol. The van der Waals surface area contributed by atoms with E-state index in [1.54, 1.807) is 16.8 Å². The van der Waals surface area contributed by atoms with Gasteiger partial charge in [-0.25, -0.2) is 0 Å². The minimum Gasteiger partial charge on any atom is -0.398 e. The molecule has 0 saturated carbocycles. The van der Waals surface area contributed by atoms with Crippen LogP contribution >= 0.6 is 0 Å². The standard InChI is InChI=1S/C14H24N4O/c1-12-10-16(2)8-9-17(12)6-3-7-18-11-13(15)4-5-14(18)19/h4-5,11-12H,3,6-10,15H2,1-2H3. The number of pyridine rings is 1. The lowest BCUT2D eigenvalue weighted by molar-refractivity contribution is 0.0979. The molecule has 0 radical (unpaired) electrons. The molecule has 5 nitrogen and oxygen atoms in total. The van der Waals surface area contributed by atoms with Crippen LogP contribution in [-0.4, -0.2) is 53.6 Å². The number of likely N-dealkylation sites (N-methyl/N-ethyl adjacent to an activating group) is 1. The Labute approximate surface area is 114 Å². The summed E-state index contributed by atoms with van der Waals surface area (Å²) in [6.45, 7) is 7.41. The van der Waals surface area contributed by atoms with Crippen molar-refractivity contribution in [2.24, 2.45) is 0 Å². The van der Waals surface area contributed by atoms with Crippen LogP contribution in [0, 0.1) is 0 Å². The number of hydrogen-bond donors (Lipinski definition) is 1. The lowest BCUT2D eigenvalue weighted by Crippen LogP contribution is -2.50. The highest BCUT2D eigenvalue weighted by Gasteiger charge is 2.20. The molecule has 1 aromatic heterocycles. The van der Waals surface area contributed by atoms with Gasteiger partial charge >= 0.3 is 0 Å². The van der Waals surface area contributed by atoms with Gasteiger partial charge in [0.15, 0.2) is 0 Å². The van der Waals surface area contributed by atoms with E-state index >= 15 is 0 Å². The normalized spacial score (nSPS) is 21.7. The van der Waals surface area contributed by atoms with Gasteiger partial charge in [-0.2, -0.15) is 0 Å². The van der Waals surface area contributed by atoms with Gasteiger partial charge < -0.3 is 15.2 Å². The number of nitrogens with zero attached hydrogens (tertiary/aromatic N) is 3. The van der Waals surface area contributed by atoms with E-state index in [9.17, 15) is 4.79 Å². The smallest absolute Gasteiger partial charge is 0.250 e. The van der Waals surface area contributed by atoms with E-state index in [0.29, 0.717) is 11.7 Å². The highest BCUT2D eigenvalue weighted by atomic mass is 16.1. The number of nitrogen functional groups attached to an aromatic ring is 1. The van der Waals surface area contributed by atoms with Crippen LogP contribution in [0.4, 0.5) is 5.69 Å². The van der Waals surface area contributed by atoms with Crippen LogP contribution in [-0.2, 0) is 6.54 Å². The second-order valence-corrected chi connectivity index (χ2v) is 5.49. The highest BCUT2D eigenvalue weighted by molar-refractivity contribution is 5.33. The molecule has 1 aromatic rings. The van der Waals surface area contributed by atoms with Gasteiger partial charge in [0.1, 0.15) is 0 Å². The zero-order valence-electron chi connectivity index (χ0n) is 11.9. The molecule has 1 unspecified atom stereocenters. The first-order valence-electron chi connectivity index (χ1n) is 6.95. The zero-order valence-corrected chi connectivity index (χ0v) is 11.9. The van der Waals surface area contributed by atoms with Crippen LogP contribution in [0.15, 0.2) is 23.1 Å². The number of piperazine rings is 1. The van der Waals surface area contributed by atoms with Crippen LogP contribution in [0.2, 0.25) is 0 Å². The molecule has 106 valence electrons. The first kappa shape index (κ1) is 14.1. The fraction of sp³-hybridized carbons (Fsp3) is 0.643. The van der Waals surface area contributed by atoms with Crippen LogP contribution in [0.1, 0.15) is 13.3 Å². The van der Waals surface area contributed by atoms with Gasteiger partial charge in [0, 0.05) is 56.7 Å². The van der Waals surface area contributed by atoms with Crippen LogP contribution in [0.5, 0.6) is 0 Å². The summed E-state index contributed by atoms with van der Waals surface area (Å²) in [7, 11) is 2.17. The first-order chi connectivity index (χ1) is 9.06. The Morgan fingerprint density at radius 1 is 1.32 bits per heavy atom. The summed E-state index contributed by atoms with van der Waals surface area (Å²) in [5, 5.41) is 0. The van der Waals surface area contributed by atoms with E-state index in [0.717, 1.165) is 39.1 Å². The molecule has 0 aromatic carbocycles. The number of aromatic nitrogens is 1. The molecule has 2 heterocycles. The Morgan fingerprint density at radius 2 is 2.11 bits per heavy atom. The minimum atomic E-state index is 0.0284. The number of nitrogens with two attached hydrogens (primary N) is 1. The molecule has 2 rings (SSSR count). The second kappa shape index (κ2) is 6.21. The molecule has 1 atom stereocenters. The molecule has 0 aliphatic carbocycles. The van der Waals surface area contributed by atoms with E-state index < -0.39 is 0 Å². The summed E-state index contributed by atoms with van der Waals surface area (Å²) < 4.78 is 1.70. The maximum atomic E-state index is 11.6. The van der Waals surface area contributed by atoms with Crippen molar-refractivity contribution in [3.05, 3.63) is 28.7 Å². The van der Waals surface area contributed by atoms with Gasteiger partial charge in [-0.05, 0) is 26.5 Å². The van der Waals surface area contributed by atoms with Crippen LogP contribution in [0.3, 0.4) is 0 Å². The van der Waals surface area contributed by atoms with E-state index in [4.69, 9.17) is 5.73 Å². The first-order valence-corrected chi connectivity index (χ1v) is 6.95. The van der Waals surface area contributed by atoms with Gasteiger partial charge in [0.05, 0.1) is 0 Å². The van der Waals surface area contributed by atoms with Gasteiger partial charge in [-0.15, -0.1) is 0 Å². The van der Waals surface area contributed by atoms with Gasteiger partial charge in [-0.1, -0.05) is 0 Å². The van der Waals surface area contributed by atoms with Crippen LogP contribution in [0.25, 0.3) is 0 Å². The molecular formula is C14H24N4O. The highest BCUT2D eigenvalue weighted by Crippen LogP contribution is 2.08. The summed E-state index contributed by atoms with van der Waals surface area (Å²) in [5.41, 5.74) is 6.38. The molecule has 1 aliphatic heterocycles. The predicted molar refractivity (Wildman–Crippen MR) is 78.3 cm³/mol. The summed E-state index contributed by atoms with van der Waals surface area (Å²) in [5.74, 6) is 0. The van der Waals surface area contributed by atoms with Crippen LogP contribution < -0.4 is 11.3 Å². The second-order valence-electron chi connectivity index (χ2n) is 5.49. The van der Waals surface area contributed by atoms with Crippen molar-refractivity contribution in [1.82, 2.24) is 14.4 Å². The molecule has 0 amide bonds. The Kier molecular flexibility index (Phi) is 4.61. The molecule has 19 heavy (non-hydrogen) atoms. The Hall–Kier alpha value is -1.33. The maximum absolute atomic E-state index is 11.6. The number of hydrogen-bond acceptors (Lipinski definition) is 4. The lowest BCUT2D eigenvalue weighted by atomic mass is 10.2. The van der Waals surface area contributed by atoms with E-state index in [1.807, 2.05) is 0 Å². The average Bonchev–Trinajstić information content (AvgIpc) is 2.36. The number of anilines is 1. The third kappa shape index (κ3) is 3.81. The molecule has 0 bridgehead atoms. The summed E-state index contributed by atoms with van der Waals surface area (Å²) in [6.07, 6.45) is 2.72. The zero-order chi connectivity index (χ0) is 13.8. The minimum absolute atomic E-state index is 0.0284. The van der Waals surface area contributed by atoms with Crippen molar-refractivity contribution in [3.63, 3.8) is 0 Å². The third-order valence-electron chi connectivity index (χ3n) is 3.82. The molecule has 1 aliphatic rings. The number of rotatable bonds is 4. The number of aryl methyl sites for hydroxylation is 1. The molecule has 5 heteroatoms. The SMILES string of the molecule is CC1CN(C)CCN1CCCn1cc(N)ccc1=O.